The van der Waals surface area contributed by atoms with Crippen LogP contribution in [0, 0.1) is 0 Å². The van der Waals surface area contributed by atoms with Crippen molar-refractivity contribution in [3.05, 3.63) is 48.5 Å². The van der Waals surface area contributed by atoms with Gasteiger partial charge in [-0.3, -0.25) is 9.78 Å². The third-order valence-corrected chi connectivity index (χ3v) is 3.30. The van der Waals surface area contributed by atoms with E-state index in [4.69, 9.17) is 16.2 Å². The smallest absolute Gasteiger partial charge is 0.239 e. The fourth-order valence-corrected chi connectivity index (χ4v) is 2.24. The monoisotopic (exact) mass is 324 g/mol. The van der Waals surface area contributed by atoms with Crippen LogP contribution < -0.4 is 4.90 Å². The number of carbonyl (C=O) groups is 1. The molecule has 0 atom stereocenters. The Morgan fingerprint density at radius 2 is 2.43 bits per heavy atom. The number of pyridine rings is 1. The maximum atomic E-state index is 12.0. The summed E-state index contributed by atoms with van der Waals surface area (Å²) >= 11 is 6.58. The number of carbonyl (C=O) groups excluding carboxylic acids is 1. The van der Waals surface area contributed by atoms with Gasteiger partial charge in [-0.15, -0.1) is 6.58 Å². The molecule has 0 aliphatic heterocycles. The number of nitrogens with zero attached hydrogens (tertiary/aromatic N) is 4. The molecule has 110 valence electrons. The quantitative estimate of drug-likeness (QED) is 0.653. The van der Waals surface area contributed by atoms with Crippen LogP contribution in [0.15, 0.2) is 43.4 Å². The summed E-state index contributed by atoms with van der Waals surface area (Å²) < 4.78 is 10.4. The summed E-state index contributed by atoms with van der Waals surface area (Å²) in [5.74, 6) is -0.350. The maximum absolute atomic E-state index is 12.0. The number of amides is 1. The fraction of sp³-hybridized carbons (Fsp3) is 0.154. The second-order valence-corrected chi connectivity index (χ2v) is 4.93. The number of anilines is 1. The predicted molar refractivity (Wildman–Crippen MR) is 84.0 cm³/mol. The second-order valence-electron chi connectivity index (χ2n) is 4.03. The summed E-state index contributed by atoms with van der Waals surface area (Å²) in [5, 5.41) is 4.36. The van der Waals surface area contributed by atoms with Gasteiger partial charge in [0.25, 0.3) is 0 Å². The first kappa shape index (κ1) is 15.6. The lowest BCUT2D eigenvalue weighted by atomic mass is 10.4. The number of rotatable bonds is 6. The molecular formula is C13H13ClN4O2S. The van der Waals surface area contributed by atoms with E-state index in [1.807, 2.05) is 6.07 Å². The van der Waals surface area contributed by atoms with E-state index in [9.17, 15) is 4.79 Å². The van der Waals surface area contributed by atoms with Crippen molar-refractivity contribution in [3.63, 3.8) is 0 Å². The van der Waals surface area contributed by atoms with Crippen molar-refractivity contribution in [2.75, 3.05) is 17.2 Å². The molecule has 0 spiro atoms. The Labute approximate surface area is 131 Å². The fourth-order valence-electron chi connectivity index (χ4n) is 1.74. The van der Waals surface area contributed by atoms with Crippen LogP contribution in [0.25, 0.3) is 5.69 Å². The van der Waals surface area contributed by atoms with Gasteiger partial charge in [-0.25, -0.2) is 4.68 Å². The highest BCUT2D eigenvalue weighted by Crippen LogP contribution is 2.26. The molecule has 1 amide bonds. The topological polar surface area (TPSA) is 71.2 Å². The Morgan fingerprint density at radius 1 is 1.62 bits per heavy atom. The third kappa shape index (κ3) is 3.63. The molecule has 0 radical (unpaired) electrons. The summed E-state index contributed by atoms with van der Waals surface area (Å²) in [4.78, 5) is 17.4. The Hall–Kier alpha value is -1.83. The van der Waals surface area contributed by atoms with Gasteiger partial charge in [0.15, 0.2) is 5.15 Å². The molecule has 2 aromatic rings. The Kier molecular flexibility index (Phi) is 5.38. The molecule has 21 heavy (non-hydrogen) atoms. The molecule has 2 aromatic heterocycles. The van der Waals surface area contributed by atoms with E-state index in [2.05, 4.69) is 16.7 Å². The average molecular weight is 325 g/mol. The van der Waals surface area contributed by atoms with Crippen LogP contribution in [0.3, 0.4) is 0 Å². The number of aromatic nitrogens is 3. The van der Waals surface area contributed by atoms with E-state index in [-0.39, 0.29) is 23.4 Å². The van der Waals surface area contributed by atoms with Gasteiger partial charge in [-0.05, 0) is 24.2 Å². The largest absolute Gasteiger partial charge is 0.330 e. The molecule has 0 bridgehead atoms. The standard InChI is InChI=1S/C13H13ClN4O2S/c1-2-6-17(12(19)9-21-20)11-8-18(16-13(11)14)10-4-3-5-15-7-10/h2-5,7-8,20H,1,6,9H2. The summed E-state index contributed by atoms with van der Waals surface area (Å²) in [7, 11) is 0. The van der Waals surface area contributed by atoms with Gasteiger partial charge in [-0.2, -0.15) is 5.10 Å². The van der Waals surface area contributed by atoms with Gasteiger partial charge < -0.3 is 9.45 Å². The minimum absolute atomic E-state index is 0.0672. The van der Waals surface area contributed by atoms with Crippen LogP contribution in [0.5, 0.6) is 0 Å². The van der Waals surface area contributed by atoms with E-state index in [1.165, 1.54) is 4.90 Å². The van der Waals surface area contributed by atoms with Crippen LogP contribution in [-0.2, 0) is 4.79 Å². The second kappa shape index (κ2) is 7.26. The first-order valence-corrected chi connectivity index (χ1v) is 7.32. The van der Waals surface area contributed by atoms with Crippen LogP contribution >= 0.6 is 23.6 Å². The molecule has 0 fully saturated rings. The number of halogens is 1. The van der Waals surface area contributed by atoms with Crippen molar-refractivity contribution in [3.8, 4) is 5.69 Å². The molecule has 0 saturated carbocycles. The van der Waals surface area contributed by atoms with E-state index in [0.717, 1.165) is 5.69 Å². The van der Waals surface area contributed by atoms with Crippen molar-refractivity contribution in [2.24, 2.45) is 0 Å². The van der Waals surface area contributed by atoms with E-state index in [0.29, 0.717) is 17.7 Å². The number of hydrogen-bond donors (Lipinski definition) is 1. The Balaban J connectivity index is 2.36. The van der Waals surface area contributed by atoms with Crippen LogP contribution in [-0.4, -0.2) is 37.5 Å². The van der Waals surface area contributed by atoms with Crippen molar-refractivity contribution < 1.29 is 9.35 Å². The SMILES string of the molecule is C=CCN(C(=O)CSO)c1cn(-c2cccnc2)nc1Cl. The highest BCUT2D eigenvalue weighted by molar-refractivity contribution is 7.94. The normalized spacial score (nSPS) is 10.4. The minimum atomic E-state index is -0.282. The molecule has 1 N–H and O–H groups in total. The lowest BCUT2D eigenvalue weighted by molar-refractivity contribution is -0.116. The molecule has 2 heterocycles. The first-order valence-electron chi connectivity index (χ1n) is 6.00. The van der Waals surface area contributed by atoms with Crippen LogP contribution in [0.4, 0.5) is 5.69 Å². The van der Waals surface area contributed by atoms with Gasteiger partial charge >= 0.3 is 0 Å². The summed E-state index contributed by atoms with van der Waals surface area (Å²) in [5.41, 5.74) is 1.19. The van der Waals surface area contributed by atoms with Crippen molar-refractivity contribution in [2.45, 2.75) is 0 Å². The molecule has 0 saturated heterocycles. The van der Waals surface area contributed by atoms with E-state index < -0.39 is 0 Å². The molecule has 0 unspecified atom stereocenters. The van der Waals surface area contributed by atoms with Crippen molar-refractivity contribution >= 4 is 35.2 Å². The van der Waals surface area contributed by atoms with Crippen molar-refractivity contribution in [1.82, 2.24) is 14.8 Å². The predicted octanol–water partition coefficient (Wildman–Crippen LogP) is 2.65. The lowest BCUT2D eigenvalue weighted by Crippen LogP contribution is -2.32. The van der Waals surface area contributed by atoms with Gasteiger partial charge in [0, 0.05) is 12.7 Å². The Bertz CT molecular complexity index is 632. The van der Waals surface area contributed by atoms with Gasteiger partial charge in [0.05, 0.1) is 23.8 Å². The summed E-state index contributed by atoms with van der Waals surface area (Å²) in [6.45, 7) is 3.90. The minimum Gasteiger partial charge on any atom is -0.330 e. The zero-order valence-corrected chi connectivity index (χ0v) is 12.6. The molecule has 2 rings (SSSR count). The molecule has 0 aliphatic carbocycles. The average Bonchev–Trinajstić information content (AvgIpc) is 2.87. The Morgan fingerprint density at radius 3 is 3.05 bits per heavy atom. The van der Waals surface area contributed by atoms with E-state index in [1.54, 1.807) is 35.4 Å². The van der Waals surface area contributed by atoms with Gasteiger partial charge in [0.2, 0.25) is 5.91 Å². The molecule has 0 aromatic carbocycles. The first-order chi connectivity index (χ1) is 10.2. The molecular weight excluding hydrogens is 312 g/mol. The molecule has 8 heteroatoms. The van der Waals surface area contributed by atoms with Crippen LogP contribution in [0.2, 0.25) is 5.15 Å². The summed E-state index contributed by atoms with van der Waals surface area (Å²) in [6.07, 6.45) is 6.51. The highest BCUT2D eigenvalue weighted by atomic mass is 35.5. The van der Waals surface area contributed by atoms with Crippen LogP contribution in [0.1, 0.15) is 0 Å². The third-order valence-electron chi connectivity index (χ3n) is 2.65. The van der Waals surface area contributed by atoms with Gasteiger partial charge in [-0.1, -0.05) is 17.7 Å². The zero-order valence-electron chi connectivity index (χ0n) is 11.0. The summed E-state index contributed by atoms with van der Waals surface area (Å²) in [6, 6.07) is 3.60. The lowest BCUT2D eigenvalue weighted by Gasteiger charge is -2.18. The van der Waals surface area contributed by atoms with Crippen molar-refractivity contribution in [1.29, 1.82) is 0 Å². The highest BCUT2D eigenvalue weighted by Gasteiger charge is 2.20. The molecule has 0 aliphatic rings. The van der Waals surface area contributed by atoms with E-state index >= 15 is 0 Å². The molecule has 6 nitrogen and oxygen atoms in total. The zero-order chi connectivity index (χ0) is 15.2. The maximum Gasteiger partial charge on any atom is 0.239 e. The van der Waals surface area contributed by atoms with Gasteiger partial charge in [0.1, 0.15) is 5.69 Å². The number of hydrogen-bond acceptors (Lipinski definition) is 5.